The van der Waals surface area contributed by atoms with Crippen LogP contribution >= 0.6 is 0 Å². The van der Waals surface area contributed by atoms with Crippen molar-refractivity contribution in [2.75, 3.05) is 0 Å². The summed E-state index contributed by atoms with van der Waals surface area (Å²) < 4.78 is 12.8. The first-order valence-corrected chi connectivity index (χ1v) is 3.05. The number of nitrogens with two attached hydrogens (primary N) is 1. The lowest BCUT2D eigenvalue weighted by molar-refractivity contribution is 0.0990. The molecule has 0 aromatic carbocycles. The number of hydrogen-bond acceptors (Lipinski definition) is 3. The van der Waals surface area contributed by atoms with Gasteiger partial charge < -0.3 is 5.73 Å². The Morgan fingerprint density at radius 3 is 2.75 bits per heavy atom. The second-order valence-electron chi connectivity index (χ2n) is 2.08. The topological polar surface area (TPSA) is 73.1 Å². The van der Waals surface area contributed by atoms with E-state index in [-0.39, 0.29) is 5.56 Å². The lowest BCUT2D eigenvalue weighted by Gasteiger charge is -1.96. The van der Waals surface area contributed by atoms with Gasteiger partial charge in [0.05, 0.1) is 0 Å². The first-order valence-electron chi connectivity index (χ1n) is 3.05. The van der Waals surface area contributed by atoms with Crippen molar-refractivity contribution < 1.29 is 14.0 Å². The van der Waals surface area contributed by atoms with Crippen LogP contribution in [0.4, 0.5) is 4.39 Å². The summed E-state index contributed by atoms with van der Waals surface area (Å²) in [4.78, 5) is 23.9. The molecule has 0 fully saturated rings. The zero-order chi connectivity index (χ0) is 9.14. The molecule has 0 aliphatic rings. The van der Waals surface area contributed by atoms with Crippen molar-refractivity contribution >= 4 is 12.2 Å². The van der Waals surface area contributed by atoms with Gasteiger partial charge in [0.15, 0.2) is 17.8 Å². The van der Waals surface area contributed by atoms with Crippen molar-refractivity contribution in [1.82, 2.24) is 4.98 Å². The Labute approximate surface area is 67.2 Å². The third-order valence-corrected chi connectivity index (χ3v) is 1.23. The zero-order valence-electron chi connectivity index (χ0n) is 5.95. The first-order chi connectivity index (χ1) is 5.65. The van der Waals surface area contributed by atoms with Crippen molar-refractivity contribution in [3.05, 3.63) is 29.3 Å². The molecule has 4 nitrogen and oxygen atoms in total. The summed E-state index contributed by atoms with van der Waals surface area (Å²) in [5.74, 6) is -1.84. The maximum atomic E-state index is 12.8. The minimum absolute atomic E-state index is 0.0671. The smallest absolute Gasteiger partial charge is 0.270 e. The molecular weight excluding hydrogens is 163 g/mol. The fraction of sp³-hybridized carbons (Fsp3) is 0. The SMILES string of the molecule is NC(=O)c1ncc(C=O)cc1F. The Morgan fingerprint density at radius 2 is 2.33 bits per heavy atom. The summed E-state index contributed by atoms with van der Waals surface area (Å²) >= 11 is 0. The van der Waals surface area contributed by atoms with Crippen LogP contribution in [0.25, 0.3) is 0 Å². The maximum absolute atomic E-state index is 12.8. The number of carbonyl (C=O) groups is 2. The molecule has 0 spiro atoms. The molecule has 12 heavy (non-hydrogen) atoms. The summed E-state index contributed by atoms with van der Waals surface area (Å²) in [5, 5.41) is 0. The van der Waals surface area contributed by atoms with Crippen molar-refractivity contribution in [2.24, 2.45) is 5.73 Å². The van der Waals surface area contributed by atoms with Crippen LogP contribution < -0.4 is 5.73 Å². The average Bonchev–Trinajstić information content (AvgIpc) is 2.03. The van der Waals surface area contributed by atoms with Crippen LogP contribution in [0.3, 0.4) is 0 Å². The summed E-state index contributed by atoms with van der Waals surface area (Å²) in [6.45, 7) is 0. The number of carbonyl (C=O) groups excluding carboxylic acids is 2. The highest BCUT2D eigenvalue weighted by Gasteiger charge is 2.09. The summed E-state index contributed by atoms with van der Waals surface area (Å²) in [6, 6.07) is 0.903. The van der Waals surface area contributed by atoms with Gasteiger partial charge in [0.2, 0.25) is 0 Å². The lowest BCUT2D eigenvalue weighted by atomic mass is 10.2. The van der Waals surface area contributed by atoms with Crippen LogP contribution in [0.15, 0.2) is 12.3 Å². The maximum Gasteiger partial charge on any atom is 0.270 e. The number of primary amides is 1. The number of nitrogens with zero attached hydrogens (tertiary/aromatic N) is 1. The third-order valence-electron chi connectivity index (χ3n) is 1.23. The van der Waals surface area contributed by atoms with Gasteiger partial charge >= 0.3 is 0 Å². The van der Waals surface area contributed by atoms with E-state index in [9.17, 15) is 14.0 Å². The second-order valence-corrected chi connectivity index (χ2v) is 2.08. The molecule has 5 heteroatoms. The standard InChI is InChI=1S/C7H5FN2O2/c8-5-1-4(3-11)2-10-6(5)7(9)12/h1-3H,(H2,9,12). The minimum atomic E-state index is -0.954. The molecule has 0 saturated heterocycles. The Kier molecular flexibility index (Phi) is 2.14. The predicted molar refractivity (Wildman–Crippen MR) is 38.1 cm³/mol. The van der Waals surface area contributed by atoms with Gasteiger partial charge in [-0.2, -0.15) is 0 Å². The van der Waals surface area contributed by atoms with E-state index in [0.717, 1.165) is 12.3 Å². The van der Waals surface area contributed by atoms with Crippen LogP contribution in [-0.4, -0.2) is 17.2 Å². The number of amides is 1. The van der Waals surface area contributed by atoms with Gasteiger partial charge in [0.25, 0.3) is 5.91 Å². The van der Waals surface area contributed by atoms with Crippen molar-refractivity contribution in [3.8, 4) is 0 Å². The van der Waals surface area contributed by atoms with Crippen LogP contribution in [0.1, 0.15) is 20.8 Å². The minimum Gasteiger partial charge on any atom is -0.364 e. The molecule has 0 aliphatic carbocycles. The Bertz CT molecular complexity index is 338. The van der Waals surface area contributed by atoms with E-state index in [4.69, 9.17) is 5.73 Å². The number of aromatic nitrogens is 1. The van der Waals surface area contributed by atoms with Gasteiger partial charge in [-0.1, -0.05) is 0 Å². The Balaban J connectivity index is 3.20. The number of rotatable bonds is 2. The number of aldehydes is 1. The van der Waals surface area contributed by atoms with Crippen molar-refractivity contribution in [2.45, 2.75) is 0 Å². The molecule has 62 valence electrons. The van der Waals surface area contributed by atoms with E-state index >= 15 is 0 Å². The Hall–Kier alpha value is -1.78. The van der Waals surface area contributed by atoms with Crippen molar-refractivity contribution in [1.29, 1.82) is 0 Å². The van der Waals surface area contributed by atoms with Gasteiger partial charge in [0, 0.05) is 11.8 Å². The molecule has 1 rings (SSSR count). The van der Waals surface area contributed by atoms with E-state index < -0.39 is 17.4 Å². The molecule has 1 amide bonds. The van der Waals surface area contributed by atoms with E-state index in [1.807, 2.05) is 0 Å². The first kappa shape index (κ1) is 8.32. The number of halogens is 1. The number of pyridine rings is 1. The molecule has 0 atom stereocenters. The Morgan fingerprint density at radius 1 is 1.67 bits per heavy atom. The number of hydrogen-bond donors (Lipinski definition) is 1. The largest absolute Gasteiger partial charge is 0.364 e. The highest BCUT2D eigenvalue weighted by atomic mass is 19.1. The van der Waals surface area contributed by atoms with E-state index in [1.165, 1.54) is 0 Å². The van der Waals surface area contributed by atoms with E-state index in [0.29, 0.717) is 6.29 Å². The lowest BCUT2D eigenvalue weighted by Crippen LogP contribution is -2.15. The molecule has 1 aromatic rings. The van der Waals surface area contributed by atoms with Gasteiger partial charge in [-0.15, -0.1) is 0 Å². The van der Waals surface area contributed by atoms with Gasteiger partial charge in [-0.25, -0.2) is 9.37 Å². The average molecular weight is 168 g/mol. The zero-order valence-corrected chi connectivity index (χ0v) is 5.95. The monoisotopic (exact) mass is 168 g/mol. The van der Waals surface area contributed by atoms with Gasteiger partial charge in [-0.05, 0) is 6.07 Å². The fourth-order valence-electron chi connectivity index (χ4n) is 0.698. The molecule has 0 unspecified atom stereocenters. The molecule has 2 N–H and O–H groups in total. The van der Waals surface area contributed by atoms with Crippen LogP contribution in [0, 0.1) is 5.82 Å². The normalized spacial score (nSPS) is 9.42. The van der Waals surface area contributed by atoms with Crippen molar-refractivity contribution in [3.63, 3.8) is 0 Å². The summed E-state index contributed by atoms with van der Waals surface area (Å²) in [7, 11) is 0. The highest BCUT2D eigenvalue weighted by Crippen LogP contribution is 2.04. The molecule has 0 radical (unpaired) electrons. The molecular formula is C7H5FN2O2. The van der Waals surface area contributed by atoms with Gasteiger partial charge in [-0.3, -0.25) is 9.59 Å². The third kappa shape index (κ3) is 1.45. The summed E-state index contributed by atoms with van der Waals surface area (Å²) in [6.07, 6.45) is 1.51. The van der Waals surface area contributed by atoms with E-state index in [1.54, 1.807) is 0 Å². The molecule has 0 aliphatic heterocycles. The van der Waals surface area contributed by atoms with Crippen LogP contribution in [0.2, 0.25) is 0 Å². The van der Waals surface area contributed by atoms with Gasteiger partial charge in [0.1, 0.15) is 0 Å². The quantitative estimate of drug-likeness (QED) is 0.638. The highest BCUT2D eigenvalue weighted by molar-refractivity contribution is 5.91. The summed E-state index contributed by atoms with van der Waals surface area (Å²) in [5.41, 5.74) is 4.39. The molecule has 0 saturated carbocycles. The molecule has 1 heterocycles. The second kappa shape index (κ2) is 3.08. The molecule has 1 aromatic heterocycles. The predicted octanol–water partition coefficient (Wildman–Crippen LogP) is 0.132. The van der Waals surface area contributed by atoms with Crippen LogP contribution in [0.5, 0.6) is 0 Å². The van der Waals surface area contributed by atoms with E-state index in [2.05, 4.69) is 4.98 Å². The molecule has 0 bridgehead atoms. The van der Waals surface area contributed by atoms with Crippen LogP contribution in [-0.2, 0) is 0 Å². The fourth-order valence-corrected chi connectivity index (χ4v) is 0.698.